The summed E-state index contributed by atoms with van der Waals surface area (Å²) in [6, 6.07) is 10.8. The van der Waals surface area contributed by atoms with Gasteiger partial charge in [0.15, 0.2) is 0 Å². The molecule has 0 atom stereocenters. The van der Waals surface area contributed by atoms with Crippen LogP contribution < -0.4 is 0 Å². The van der Waals surface area contributed by atoms with Crippen molar-refractivity contribution >= 4 is 0 Å². The number of aromatic hydroxyl groups is 4. The average Bonchev–Trinajstić information content (AvgIpc) is 3.30. The molecule has 5 nitrogen and oxygen atoms in total. The molecule has 0 radical (unpaired) electrons. The van der Waals surface area contributed by atoms with E-state index in [1.807, 2.05) is 0 Å². The highest BCUT2D eigenvalue weighted by atomic mass is 16.3. The van der Waals surface area contributed by atoms with Gasteiger partial charge < -0.3 is 25.5 Å². The molecule has 0 unspecified atom stereocenters. The molecule has 148 valence electrons. The molecule has 0 heterocycles. The zero-order valence-corrected chi connectivity index (χ0v) is 15.6. The Hall–Kier alpha value is -2.40. The molecule has 4 rings (SSSR count). The van der Waals surface area contributed by atoms with Gasteiger partial charge in [0.25, 0.3) is 0 Å². The number of hydrogen-bond acceptors (Lipinski definition) is 5. The predicted octanol–water partition coefficient (Wildman–Crippen LogP) is 4.77. The van der Waals surface area contributed by atoms with E-state index in [0.29, 0.717) is 5.92 Å². The summed E-state index contributed by atoms with van der Waals surface area (Å²) in [5, 5.41) is 45.2. The highest BCUT2D eigenvalue weighted by Crippen LogP contribution is 2.42. The predicted molar refractivity (Wildman–Crippen MR) is 105 cm³/mol. The lowest BCUT2D eigenvalue weighted by Gasteiger charge is -2.12. The summed E-state index contributed by atoms with van der Waals surface area (Å²) in [7, 11) is 0. The van der Waals surface area contributed by atoms with Crippen LogP contribution in [0.2, 0.25) is 0 Å². The van der Waals surface area contributed by atoms with E-state index in [-0.39, 0.29) is 29.1 Å². The van der Waals surface area contributed by atoms with Crippen LogP contribution in [-0.2, 0) is 0 Å². The Bertz CT molecular complexity index is 651. The number of rotatable bonds is 1. The minimum Gasteiger partial charge on any atom is -0.508 e. The van der Waals surface area contributed by atoms with Crippen LogP contribution in [0, 0.1) is 0 Å². The fourth-order valence-electron chi connectivity index (χ4n) is 3.57. The van der Waals surface area contributed by atoms with Crippen molar-refractivity contribution in [1.29, 1.82) is 0 Å². The zero-order chi connectivity index (χ0) is 19.6. The fourth-order valence-corrected chi connectivity index (χ4v) is 3.57. The molecule has 0 aliphatic heterocycles. The molecule has 2 aliphatic rings. The number of phenols is 4. The van der Waals surface area contributed by atoms with Gasteiger partial charge in [0.05, 0.1) is 6.10 Å². The SMILES string of the molecule is OC1CCCC1.Oc1cccc(O)c1.Oc1cccc(O)c1C1CCCC1. The van der Waals surface area contributed by atoms with Gasteiger partial charge in [-0.2, -0.15) is 0 Å². The van der Waals surface area contributed by atoms with Gasteiger partial charge in [0.2, 0.25) is 0 Å². The molecule has 0 bridgehead atoms. The van der Waals surface area contributed by atoms with Crippen molar-refractivity contribution in [3.63, 3.8) is 0 Å². The lowest BCUT2D eigenvalue weighted by molar-refractivity contribution is 0.183. The van der Waals surface area contributed by atoms with E-state index in [0.717, 1.165) is 31.2 Å². The maximum absolute atomic E-state index is 9.59. The maximum Gasteiger partial charge on any atom is 0.122 e. The van der Waals surface area contributed by atoms with Crippen LogP contribution in [0.25, 0.3) is 0 Å². The first kappa shape index (κ1) is 20.9. The molecule has 2 aromatic rings. The van der Waals surface area contributed by atoms with Crippen LogP contribution in [0.5, 0.6) is 23.0 Å². The van der Waals surface area contributed by atoms with Crippen LogP contribution in [0.3, 0.4) is 0 Å². The maximum atomic E-state index is 9.59. The second-order valence-corrected chi connectivity index (χ2v) is 7.15. The van der Waals surface area contributed by atoms with Crippen LogP contribution >= 0.6 is 0 Å². The smallest absolute Gasteiger partial charge is 0.122 e. The molecule has 0 saturated heterocycles. The molecular weight excluding hydrogens is 344 g/mol. The Morgan fingerprint density at radius 3 is 1.44 bits per heavy atom. The van der Waals surface area contributed by atoms with Gasteiger partial charge in [-0.1, -0.05) is 37.8 Å². The second-order valence-electron chi connectivity index (χ2n) is 7.15. The van der Waals surface area contributed by atoms with Crippen molar-refractivity contribution in [3.05, 3.63) is 48.0 Å². The van der Waals surface area contributed by atoms with Crippen molar-refractivity contribution in [2.24, 2.45) is 0 Å². The minimum absolute atomic E-state index is 0.0463. The standard InChI is InChI=1S/C11H14O2.C6H6O2.C5H10O/c12-9-6-3-7-10(13)11(9)8-4-1-2-5-8;7-5-2-1-3-6(8)4-5;6-5-3-1-2-4-5/h3,6-8,12-13H,1-2,4-5H2;1-4,7-8H;5-6H,1-4H2. The molecule has 2 fully saturated rings. The van der Waals surface area contributed by atoms with Gasteiger partial charge in [-0.05, 0) is 55.9 Å². The number of hydrogen-bond donors (Lipinski definition) is 5. The van der Waals surface area contributed by atoms with Crippen LogP contribution in [0.15, 0.2) is 42.5 Å². The normalized spacial score (nSPS) is 16.9. The van der Waals surface area contributed by atoms with Crippen molar-refractivity contribution in [2.45, 2.75) is 63.4 Å². The summed E-state index contributed by atoms with van der Waals surface area (Å²) in [5.41, 5.74) is 0.750. The molecule has 2 aromatic carbocycles. The van der Waals surface area contributed by atoms with Crippen molar-refractivity contribution in [2.75, 3.05) is 0 Å². The van der Waals surface area contributed by atoms with E-state index in [1.54, 1.807) is 24.3 Å². The first-order chi connectivity index (χ1) is 13.0. The van der Waals surface area contributed by atoms with Gasteiger partial charge >= 0.3 is 0 Å². The molecule has 5 N–H and O–H groups in total. The van der Waals surface area contributed by atoms with Gasteiger partial charge in [-0.25, -0.2) is 0 Å². The molecule has 0 amide bonds. The molecule has 27 heavy (non-hydrogen) atoms. The summed E-state index contributed by atoms with van der Waals surface area (Å²) in [4.78, 5) is 0. The van der Waals surface area contributed by atoms with Crippen LogP contribution in [0.4, 0.5) is 0 Å². The monoisotopic (exact) mass is 374 g/mol. The fraction of sp³-hybridized carbons (Fsp3) is 0.455. The summed E-state index contributed by atoms with van der Waals surface area (Å²) in [5.74, 6) is 1.02. The summed E-state index contributed by atoms with van der Waals surface area (Å²) < 4.78 is 0. The van der Waals surface area contributed by atoms with E-state index in [2.05, 4.69) is 0 Å². The zero-order valence-electron chi connectivity index (χ0n) is 15.6. The Labute approximate surface area is 160 Å². The van der Waals surface area contributed by atoms with Gasteiger partial charge in [-0.15, -0.1) is 0 Å². The highest BCUT2D eigenvalue weighted by Gasteiger charge is 2.22. The Kier molecular flexibility index (Phi) is 8.27. The third kappa shape index (κ3) is 7.02. The van der Waals surface area contributed by atoms with E-state index in [9.17, 15) is 10.2 Å². The van der Waals surface area contributed by atoms with E-state index in [1.165, 1.54) is 43.9 Å². The number of aliphatic hydroxyl groups is 1. The molecule has 5 heteroatoms. The second kappa shape index (κ2) is 10.7. The molecule has 0 aromatic heterocycles. The van der Waals surface area contributed by atoms with E-state index >= 15 is 0 Å². The van der Waals surface area contributed by atoms with Gasteiger partial charge in [0, 0.05) is 11.6 Å². The van der Waals surface area contributed by atoms with Gasteiger partial charge in [-0.3, -0.25) is 0 Å². The van der Waals surface area contributed by atoms with E-state index < -0.39 is 0 Å². The van der Waals surface area contributed by atoms with Gasteiger partial charge in [0.1, 0.15) is 23.0 Å². The molecule has 2 saturated carbocycles. The first-order valence-electron chi connectivity index (χ1n) is 9.64. The third-order valence-electron chi connectivity index (χ3n) is 4.98. The number of aliphatic hydroxyl groups excluding tert-OH is 1. The Morgan fingerprint density at radius 1 is 0.630 bits per heavy atom. The lowest BCUT2D eigenvalue weighted by atomic mass is 9.96. The summed E-state index contributed by atoms with van der Waals surface area (Å²) in [6.07, 6.45) is 9.19. The van der Waals surface area contributed by atoms with Crippen molar-refractivity contribution in [3.8, 4) is 23.0 Å². The average molecular weight is 374 g/mol. The Morgan fingerprint density at radius 2 is 1.07 bits per heavy atom. The third-order valence-corrected chi connectivity index (χ3v) is 4.98. The number of benzene rings is 2. The largest absolute Gasteiger partial charge is 0.508 e. The summed E-state index contributed by atoms with van der Waals surface area (Å²) >= 11 is 0. The number of phenolic OH excluding ortho intramolecular Hbond substituents is 4. The highest BCUT2D eigenvalue weighted by molar-refractivity contribution is 5.45. The lowest BCUT2D eigenvalue weighted by Crippen LogP contribution is -1.94. The van der Waals surface area contributed by atoms with Crippen LogP contribution in [-0.4, -0.2) is 31.6 Å². The topological polar surface area (TPSA) is 101 Å². The quantitative estimate of drug-likeness (QED) is 0.495. The molecular formula is C22H30O5. The molecule has 2 aliphatic carbocycles. The summed E-state index contributed by atoms with van der Waals surface area (Å²) in [6.45, 7) is 0. The van der Waals surface area contributed by atoms with Crippen molar-refractivity contribution in [1.82, 2.24) is 0 Å². The van der Waals surface area contributed by atoms with E-state index in [4.69, 9.17) is 15.3 Å². The molecule has 0 spiro atoms. The minimum atomic E-state index is 0.0463. The van der Waals surface area contributed by atoms with Crippen LogP contribution in [0.1, 0.15) is 62.8 Å². The Balaban J connectivity index is 0.000000159. The first-order valence-corrected chi connectivity index (χ1v) is 9.64. The van der Waals surface area contributed by atoms with Crippen molar-refractivity contribution < 1.29 is 25.5 Å².